The summed E-state index contributed by atoms with van der Waals surface area (Å²) >= 11 is 0. The minimum Gasteiger partial charge on any atom is -0.487 e. The van der Waals surface area contributed by atoms with E-state index in [4.69, 9.17) is 14.2 Å². The first-order valence-corrected chi connectivity index (χ1v) is 17.1. The number of anilines is 2. The maximum absolute atomic E-state index is 14.4. The summed E-state index contributed by atoms with van der Waals surface area (Å²) in [6.07, 6.45) is 10.4. The van der Waals surface area contributed by atoms with Crippen molar-refractivity contribution < 1.29 is 27.7 Å². The molecule has 1 saturated heterocycles. The first-order valence-electron chi connectivity index (χ1n) is 17.1. The second-order valence-electron chi connectivity index (χ2n) is 13.3. The second kappa shape index (κ2) is 16.0. The van der Waals surface area contributed by atoms with Crippen molar-refractivity contribution in [1.82, 2.24) is 44.9 Å². The molecular weight excluding hydrogens is 664 g/mol. The Labute approximate surface area is 294 Å². The van der Waals surface area contributed by atoms with Crippen molar-refractivity contribution in [2.75, 3.05) is 38.7 Å². The second-order valence-corrected chi connectivity index (χ2v) is 13.3. The highest BCUT2D eigenvalue weighted by Crippen LogP contribution is 2.36. The Bertz CT molecular complexity index is 1750. The number of hydrogen-bond acceptors (Lipinski definition) is 13. The van der Waals surface area contributed by atoms with E-state index in [1.807, 2.05) is 6.92 Å². The quantitative estimate of drug-likeness (QED) is 0.193. The van der Waals surface area contributed by atoms with Gasteiger partial charge in [-0.25, -0.2) is 23.4 Å². The van der Waals surface area contributed by atoms with Gasteiger partial charge >= 0.3 is 5.92 Å². The highest BCUT2D eigenvalue weighted by molar-refractivity contribution is 5.67. The van der Waals surface area contributed by atoms with E-state index >= 15 is 0 Å². The van der Waals surface area contributed by atoms with Crippen molar-refractivity contribution in [3.8, 4) is 28.8 Å². The Morgan fingerprint density at radius 3 is 2.45 bits per heavy atom. The molecule has 3 aromatic heterocycles. The van der Waals surface area contributed by atoms with Gasteiger partial charge in [-0.1, -0.05) is 6.07 Å². The number of nitrogens with zero attached hydrogens (tertiary/aromatic N) is 10. The van der Waals surface area contributed by atoms with Crippen molar-refractivity contribution in [3.05, 3.63) is 48.7 Å². The van der Waals surface area contributed by atoms with Crippen LogP contribution >= 0.6 is 0 Å². The summed E-state index contributed by atoms with van der Waals surface area (Å²) in [5.41, 5.74) is 2.16. The summed E-state index contributed by atoms with van der Waals surface area (Å²) in [6, 6.07) is 7.93. The lowest BCUT2D eigenvalue weighted by molar-refractivity contribution is -0.0918. The van der Waals surface area contributed by atoms with Crippen molar-refractivity contribution in [2.45, 2.75) is 89.3 Å². The van der Waals surface area contributed by atoms with Gasteiger partial charge in [-0.3, -0.25) is 9.58 Å². The Morgan fingerprint density at radius 1 is 1.06 bits per heavy atom. The SMILES string of the molecule is COCC(F)(F)COc1nn(C2CCC(N3CC(C)O[C@H](C)C3)CC2)cc1Nc1ncc(-c2ccc(C#N)c(O[C@@H](C)Cn3cnnn3)c2)cn1. The Balaban J connectivity index is 1.15. The number of hydrogen-bond donors (Lipinski definition) is 1. The van der Waals surface area contributed by atoms with E-state index in [2.05, 4.69) is 65.5 Å². The smallest absolute Gasteiger partial charge is 0.304 e. The van der Waals surface area contributed by atoms with Crippen LogP contribution in [-0.4, -0.2) is 109 Å². The summed E-state index contributed by atoms with van der Waals surface area (Å²) in [6.45, 7) is 6.65. The molecule has 17 heteroatoms. The van der Waals surface area contributed by atoms with E-state index in [0.29, 0.717) is 35.2 Å². The van der Waals surface area contributed by atoms with E-state index in [9.17, 15) is 14.0 Å². The van der Waals surface area contributed by atoms with E-state index in [1.54, 1.807) is 46.2 Å². The zero-order chi connectivity index (χ0) is 36.0. The van der Waals surface area contributed by atoms with Crippen LogP contribution in [0, 0.1) is 11.3 Å². The maximum Gasteiger partial charge on any atom is 0.304 e. The Morgan fingerprint density at radius 2 is 1.78 bits per heavy atom. The minimum atomic E-state index is -3.20. The number of aromatic nitrogens is 8. The molecule has 1 unspecified atom stereocenters. The van der Waals surface area contributed by atoms with Crippen LogP contribution in [0.3, 0.4) is 0 Å². The summed E-state index contributed by atoms with van der Waals surface area (Å²) in [5.74, 6) is -2.54. The average Bonchev–Trinajstić information content (AvgIpc) is 3.77. The standard InChI is InChI=1S/C34H43F2N11O4/c1-22-15-45(16-23(2)50-22)28-7-9-29(10-8-28)47-18-30(32(42-47)49-20-34(35,36)19-48-4)41-33-38-13-27(14-39-33)25-5-6-26(12-37)31(11-25)51-24(3)17-46-21-40-43-44-46/h5-6,11,13-14,18,21-24,28-29H,7-10,15-17,19-20H2,1-4H3,(H,38,39,41)/t22-,23?,24+,28?,29?/m1/s1. The van der Waals surface area contributed by atoms with Gasteiger partial charge in [0, 0.05) is 44.2 Å². The number of ether oxygens (including phenoxy) is 4. The van der Waals surface area contributed by atoms with Crippen molar-refractivity contribution >= 4 is 11.6 Å². The largest absolute Gasteiger partial charge is 0.487 e. The zero-order valence-electron chi connectivity index (χ0n) is 29.2. The number of nitriles is 1. The number of tetrazole rings is 1. The topological polar surface area (TPSA) is 163 Å². The third-order valence-electron chi connectivity index (χ3n) is 8.98. The Kier molecular flexibility index (Phi) is 11.3. The van der Waals surface area contributed by atoms with Gasteiger partial charge in [0.05, 0.1) is 36.6 Å². The first kappa shape index (κ1) is 36.0. The van der Waals surface area contributed by atoms with Crippen LogP contribution in [-0.2, 0) is 16.0 Å². The number of alkyl halides is 2. The number of morpholine rings is 1. The van der Waals surface area contributed by atoms with E-state index in [0.717, 1.165) is 44.3 Å². The molecule has 1 aromatic carbocycles. The molecule has 1 aliphatic heterocycles. The van der Waals surface area contributed by atoms with E-state index in [-0.39, 0.29) is 36.2 Å². The lowest BCUT2D eigenvalue weighted by Gasteiger charge is -2.42. The van der Waals surface area contributed by atoms with Crippen LogP contribution in [0.4, 0.5) is 20.4 Å². The van der Waals surface area contributed by atoms with Crippen LogP contribution in [0.5, 0.6) is 11.6 Å². The predicted molar refractivity (Wildman–Crippen MR) is 181 cm³/mol. The van der Waals surface area contributed by atoms with Crippen LogP contribution in [0.15, 0.2) is 43.1 Å². The number of halogens is 2. The third kappa shape index (κ3) is 9.31. The number of rotatable bonds is 14. The minimum absolute atomic E-state index is 0.0288. The molecule has 0 bridgehead atoms. The molecule has 0 radical (unpaired) electrons. The summed E-state index contributed by atoms with van der Waals surface area (Å²) in [5, 5.41) is 28.5. The van der Waals surface area contributed by atoms with Crippen molar-refractivity contribution in [2.24, 2.45) is 0 Å². The molecule has 272 valence electrons. The molecule has 1 aliphatic carbocycles. The zero-order valence-corrected chi connectivity index (χ0v) is 29.2. The summed E-state index contributed by atoms with van der Waals surface area (Å²) < 4.78 is 54.3. The number of benzene rings is 1. The van der Waals surface area contributed by atoms with E-state index < -0.39 is 19.1 Å². The molecule has 1 N–H and O–H groups in total. The molecule has 0 spiro atoms. The van der Waals surface area contributed by atoms with Crippen LogP contribution in [0.2, 0.25) is 0 Å². The highest BCUT2D eigenvalue weighted by atomic mass is 19.3. The molecule has 6 rings (SSSR count). The summed E-state index contributed by atoms with van der Waals surface area (Å²) in [4.78, 5) is 11.5. The fourth-order valence-corrected chi connectivity index (χ4v) is 6.72. The molecule has 15 nitrogen and oxygen atoms in total. The van der Waals surface area contributed by atoms with Crippen molar-refractivity contribution in [3.63, 3.8) is 0 Å². The van der Waals surface area contributed by atoms with Gasteiger partial charge in [0.25, 0.3) is 5.88 Å². The third-order valence-corrected chi connectivity index (χ3v) is 8.98. The van der Waals surface area contributed by atoms with Gasteiger partial charge in [0.2, 0.25) is 5.95 Å². The molecule has 1 saturated carbocycles. The lowest BCUT2D eigenvalue weighted by Crippen LogP contribution is -2.51. The number of methoxy groups -OCH3 is 1. The molecule has 51 heavy (non-hydrogen) atoms. The highest BCUT2D eigenvalue weighted by Gasteiger charge is 2.34. The Hall–Kier alpha value is -4.79. The average molecular weight is 708 g/mol. The molecule has 4 aromatic rings. The molecular formula is C34H43F2N11O4. The van der Waals surface area contributed by atoms with Gasteiger partial charge in [0.15, 0.2) is 6.61 Å². The summed E-state index contributed by atoms with van der Waals surface area (Å²) in [7, 11) is 1.22. The van der Waals surface area contributed by atoms with Gasteiger partial charge in [-0.05, 0) is 74.6 Å². The van der Waals surface area contributed by atoms with Gasteiger partial charge in [-0.2, -0.15) is 5.26 Å². The van der Waals surface area contributed by atoms with Gasteiger partial charge < -0.3 is 24.3 Å². The first-order chi connectivity index (χ1) is 24.6. The molecule has 3 atom stereocenters. The molecule has 0 amide bonds. The monoisotopic (exact) mass is 707 g/mol. The molecule has 4 heterocycles. The van der Waals surface area contributed by atoms with Crippen LogP contribution in [0.25, 0.3) is 11.1 Å². The van der Waals surface area contributed by atoms with Gasteiger partial charge in [0.1, 0.15) is 36.5 Å². The molecule has 2 aliphatic rings. The van der Waals surface area contributed by atoms with Crippen LogP contribution < -0.4 is 14.8 Å². The molecule has 2 fully saturated rings. The lowest BCUT2D eigenvalue weighted by atomic mass is 9.89. The van der Waals surface area contributed by atoms with E-state index in [1.165, 1.54) is 13.4 Å². The maximum atomic E-state index is 14.4. The van der Waals surface area contributed by atoms with Crippen molar-refractivity contribution in [1.29, 1.82) is 5.26 Å². The predicted octanol–water partition coefficient (Wildman–Crippen LogP) is 4.66. The fourth-order valence-electron chi connectivity index (χ4n) is 6.72. The van der Waals surface area contributed by atoms with Crippen LogP contribution in [0.1, 0.15) is 58.1 Å². The normalized spacial score (nSPS) is 21.9. The fraction of sp³-hybridized carbons (Fsp3) is 0.559. The number of nitrogens with one attached hydrogen (secondary N) is 1. The van der Waals surface area contributed by atoms with Gasteiger partial charge in [-0.15, -0.1) is 10.2 Å².